The van der Waals surface area contributed by atoms with Gasteiger partial charge in [-0.25, -0.2) is 27.2 Å². The lowest BCUT2D eigenvalue weighted by Crippen LogP contribution is -2.21. The first-order chi connectivity index (χ1) is 17.1. The maximum absolute atomic E-state index is 14.1. The molecule has 4 rings (SSSR count). The van der Waals surface area contributed by atoms with Crippen LogP contribution in [0.5, 0.6) is 5.75 Å². The number of hydrogen-bond acceptors (Lipinski definition) is 8. The number of aromatic nitrogens is 4. The van der Waals surface area contributed by atoms with Gasteiger partial charge in [0.05, 0.1) is 23.9 Å². The zero-order valence-corrected chi connectivity index (χ0v) is 20.9. The van der Waals surface area contributed by atoms with E-state index in [9.17, 15) is 17.2 Å². The summed E-state index contributed by atoms with van der Waals surface area (Å²) in [6.07, 6.45) is 0. The molecule has 0 aliphatic rings. The fourth-order valence-electron chi connectivity index (χ4n) is 3.53. The van der Waals surface area contributed by atoms with Crippen molar-refractivity contribution in [3.8, 4) is 17.1 Å². The molecule has 0 saturated heterocycles. The van der Waals surface area contributed by atoms with Crippen LogP contribution in [0.25, 0.3) is 22.4 Å². The number of halogens is 2. The number of nitrogens with one attached hydrogen (secondary N) is 3. The molecule has 0 unspecified atom stereocenters. The number of hydrogen-bond donors (Lipinski definition) is 3. The monoisotopic (exact) mass is 517 g/mol. The van der Waals surface area contributed by atoms with Crippen molar-refractivity contribution in [1.29, 1.82) is 0 Å². The van der Waals surface area contributed by atoms with Gasteiger partial charge in [0.15, 0.2) is 11.5 Å². The van der Waals surface area contributed by atoms with Gasteiger partial charge in [0.1, 0.15) is 28.1 Å². The first-order valence-electron chi connectivity index (χ1n) is 10.9. The van der Waals surface area contributed by atoms with Gasteiger partial charge >= 0.3 is 0 Å². The molecule has 0 saturated carbocycles. The van der Waals surface area contributed by atoms with Crippen molar-refractivity contribution in [2.24, 2.45) is 0 Å². The summed E-state index contributed by atoms with van der Waals surface area (Å²) in [6.45, 7) is 3.28. The maximum Gasteiger partial charge on any atom is 0.265 e. The molecule has 4 aromatic rings. The molecule has 0 radical (unpaired) electrons. The van der Waals surface area contributed by atoms with E-state index in [-0.39, 0.29) is 11.4 Å². The number of anilines is 2. The summed E-state index contributed by atoms with van der Waals surface area (Å²) in [5, 5.41) is 11.2. The van der Waals surface area contributed by atoms with Crippen molar-refractivity contribution in [2.45, 2.75) is 11.8 Å². The number of aryl methyl sites for hydroxylation is 1. The predicted octanol–water partition coefficient (Wildman–Crippen LogP) is 3.39. The minimum Gasteiger partial charge on any atom is -0.495 e. The van der Waals surface area contributed by atoms with E-state index in [0.717, 1.165) is 29.8 Å². The Labute approximate surface area is 206 Å². The fourth-order valence-corrected chi connectivity index (χ4v) is 4.69. The van der Waals surface area contributed by atoms with Crippen molar-refractivity contribution in [3.63, 3.8) is 0 Å². The number of benzene rings is 2. The number of fused-ring (bicyclic) bond motifs is 1. The average molecular weight is 518 g/mol. The highest BCUT2D eigenvalue weighted by atomic mass is 32.2. The number of likely N-dealkylation sites (N-methyl/N-ethyl adjacent to an activating group) is 1. The van der Waals surface area contributed by atoms with Gasteiger partial charge in [0.25, 0.3) is 10.0 Å². The zero-order chi connectivity index (χ0) is 26.0. The van der Waals surface area contributed by atoms with Crippen LogP contribution in [0, 0.1) is 18.6 Å². The summed E-state index contributed by atoms with van der Waals surface area (Å²) in [5.41, 5.74) is 1.86. The van der Waals surface area contributed by atoms with Gasteiger partial charge in [-0.3, -0.25) is 9.82 Å². The van der Waals surface area contributed by atoms with E-state index in [4.69, 9.17) is 4.74 Å². The van der Waals surface area contributed by atoms with E-state index in [1.807, 2.05) is 25.9 Å². The van der Waals surface area contributed by atoms with Crippen LogP contribution < -0.4 is 14.8 Å². The summed E-state index contributed by atoms with van der Waals surface area (Å²) in [7, 11) is 0.865. The van der Waals surface area contributed by atoms with Gasteiger partial charge in [-0.05, 0) is 57.4 Å². The van der Waals surface area contributed by atoms with Crippen LogP contribution in [-0.2, 0) is 10.0 Å². The van der Waals surface area contributed by atoms with Crippen LogP contribution in [0.3, 0.4) is 0 Å². The number of sulfonamides is 1. The molecule has 0 bridgehead atoms. The number of aromatic amines is 1. The van der Waals surface area contributed by atoms with Crippen LogP contribution in [0.4, 0.5) is 20.3 Å². The summed E-state index contributed by atoms with van der Waals surface area (Å²) in [5.74, 6) is -0.865. The van der Waals surface area contributed by atoms with Crippen molar-refractivity contribution in [3.05, 3.63) is 53.7 Å². The SMILES string of the molecule is COc1cc(-c2nc(NCCN(C)C)c3c(C)n[nH]c3n2)ccc1NS(=O)(=O)c1cc(F)ccc1F. The van der Waals surface area contributed by atoms with Gasteiger partial charge in [-0.15, -0.1) is 0 Å². The number of ether oxygens (including phenoxy) is 1. The predicted molar refractivity (Wildman–Crippen MR) is 133 cm³/mol. The van der Waals surface area contributed by atoms with Crippen LogP contribution in [0.15, 0.2) is 41.3 Å². The molecule has 2 aromatic carbocycles. The normalized spacial score (nSPS) is 11.8. The zero-order valence-electron chi connectivity index (χ0n) is 20.1. The van der Waals surface area contributed by atoms with E-state index in [1.165, 1.54) is 13.2 Å². The first kappa shape index (κ1) is 25.3. The van der Waals surface area contributed by atoms with Crippen LogP contribution in [0.2, 0.25) is 0 Å². The summed E-state index contributed by atoms with van der Waals surface area (Å²) in [6, 6.07) is 6.78. The summed E-state index contributed by atoms with van der Waals surface area (Å²) < 4.78 is 60.7. The second-order valence-corrected chi connectivity index (χ2v) is 9.90. The smallest absolute Gasteiger partial charge is 0.265 e. The van der Waals surface area contributed by atoms with E-state index < -0.39 is 26.6 Å². The lowest BCUT2D eigenvalue weighted by Gasteiger charge is -2.14. The number of H-pyrrole nitrogens is 1. The van der Waals surface area contributed by atoms with Gasteiger partial charge < -0.3 is 15.0 Å². The minimum absolute atomic E-state index is 0.0349. The molecule has 2 aromatic heterocycles. The third kappa shape index (κ3) is 5.21. The minimum atomic E-state index is -4.43. The van der Waals surface area contributed by atoms with Crippen LogP contribution >= 0.6 is 0 Å². The topological polar surface area (TPSA) is 125 Å². The Morgan fingerprint density at radius 1 is 1.11 bits per heavy atom. The van der Waals surface area contributed by atoms with E-state index in [2.05, 4.69) is 30.2 Å². The lowest BCUT2D eigenvalue weighted by atomic mass is 10.1. The highest BCUT2D eigenvalue weighted by Crippen LogP contribution is 2.33. The quantitative estimate of drug-likeness (QED) is 0.309. The Balaban J connectivity index is 1.70. The Morgan fingerprint density at radius 3 is 2.61 bits per heavy atom. The van der Waals surface area contributed by atoms with E-state index >= 15 is 0 Å². The van der Waals surface area contributed by atoms with Crippen molar-refractivity contribution in [1.82, 2.24) is 25.1 Å². The molecular weight excluding hydrogens is 492 g/mol. The number of rotatable bonds is 9. The fraction of sp³-hybridized carbons (Fsp3) is 0.261. The molecule has 0 spiro atoms. The van der Waals surface area contributed by atoms with Crippen molar-refractivity contribution >= 4 is 32.6 Å². The molecule has 190 valence electrons. The lowest BCUT2D eigenvalue weighted by molar-refractivity contribution is 0.417. The third-order valence-electron chi connectivity index (χ3n) is 5.34. The standard InChI is InChI=1S/C23H25F2N7O3S/c1-13-20-22(26-9-10-32(2)3)27-21(28-23(20)30-29-13)14-5-8-17(18(11-14)35-4)31-36(33,34)19-12-15(24)6-7-16(19)25/h5-8,11-12,31H,9-10H2,1-4H3,(H2,26,27,28,29,30). The molecule has 0 amide bonds. The highest BCUT2D eigenvalue weighted by Gasteiger charge is 2.22. The highest BCUT2D eigenvalue weighted by molar-refractivity contribution is 7.92. The van der Waals surface area contributed by atoms with E-state index in [0.29, 0.717) is 35.5 Å². The number of nitrogens with zero attached hydrogens (tertiary/aromatic N) is 4. The molecule has 36 heavy (non-hydrogen) atoms. The Morgan fingerprint density at radius 2 is 1.89 bits per heavy atom. The number of methoxy groups -OCH3 is 1. The summed E-state index contributed by atoms with van der Waals surface area (Å²) >= 11 is 0. The van der Waals surface area contributed by atoms with Gasteiger partial charge in [-0.1, -0.05) is 0 Å². The van der Waals surface area contributed by atoms with E-state index in [1.54, 1.807) is 12.1 Å². The van der Waals surface area contributed by atoms with Crippen LogP contribution in [0.1, 0.15) is 5.69 Å². The molecule has 13 heteroatoms. The van der Waals surface area contributed by atoms with Crippen molar-refractivity contribution < 1.29 is 21.9 Å². The molecule has 0 aliphatic heterocycles. The Kier molecular flexibility index (Phi) is 7.04. The van der Waals surface area contributed by atoms with Crippen molar-refractivity contribution in [2.75, 3.05) is 44.3 Å². The Bertz CT molecular complexity index is 1520. The largest absolute Gasteiger partial charge is 0.495 e. The summed E-state index contributed by atoms with van der Waals surface area (Å²) in [4.78, 5) is 10.4. The molecule has 10 nitrogen and oxygen atoms in total. The molecule has 0 aliphatic carbocycles. The molecule has 0 atom stereocenters. The van der Waals surface area contributed by atoms with Gasteiger partial charge in [0, 0.05) is 18.7 Å². The molecule has 2 heterocycles. The average Bonchev–Trinajstić information content (AvgIpc) is 3.21. The third-order valence-corrected chi connectivity index (χ3v) is 6.72. The first-order valence-corrected chi connectivity index (χ1v) is 12.3. The van der Waals surface area contributed by atoms with Gasteiger partial charge in [0.2, 0.25) is 0 Å². The molecule has 3 N–H and O–H groups in total. The second kappa shape index (κ2) is 10.0. The Hall–Kier alpha value is -3.84. The van der Waals surface area contributed by atoms with Crippen LogP contribution in [-0.4, -0.2) is 67.8 Å². The molecular formula is C23H25F2N7O3S. The second-order valence-electron chi connectivity index (χ2n) is 8.25. The maximum atomic E-state index is 14.1. The van der Waals surface area contributed by atoms with Gasteiger partial charge in [-0.2, -0.15) is 5.10 Å². The molecule has 0 fully saturated rings.